The lowest BCUT2D eigenvalue weighted by atomic mass is 9.96. The fraction of sp³-hybridized carbons (Fsp3) is 0.833. The number of hydrogen-bond acceptors (Lipinski definition) is 6. The van der Waals surface area contributed by atoms with Gasteiger partial charge in [0.25, 0.3) is 5.89 Å². The van der Waals surface area contributed by atoms with Crippen molar-refractivity contribution in [3.63, 3.8) is 0 Å². The van der Waals surface area contributed by atoms with Gasteiger partial charge in [0.2, 0.25) is 5.82 Å². The molecule has 0 saturated carbocycles. The van der Waals surface area contributed by atoms with Crippen molar-refractivity contribution in [1.82, 2.24) is 10.1 Å². The zero-order chi connectivity index (χ0) is 13.6. The highest BCUT2D eigenvalue weighted by Gasteiger charge is 2.35. The summed E-state index contributed by atoms with van der Waals surface area (Å²) in [4.78, 5) is 4.25. The molecule has 0 unspecified atom stereocenters. The monoisotopic (exact) mass is 257 g/mol. The van der Waals surface area contributed by atoms with Gasteiger partial charge in [0.1, 0.15) is 11.7 Å². The summed E-state index contributed by atoms with van der Waals surface area (Å²) in [5, 5.41) is 13.7. The summed E-state index contributed by atoms with van der Waals surface area (Å²) in [6, 6.07) is 0. The minimum Gasteiger partial charge on any atom is -0.383 e. The number of nitrogens with zero attached hydrogens (tertiary/aromatic N) is 2. The first-order chi connectivity index (χ1) is 8.63. The summed E-state index contributed by atoms with van der Waals surface area (Å²) in [6.45, 7) is 6.93. The van der Waals surface area contributed by atoms with E-state index in [1.54, 1.807) is 0 Å². The molecule has 0 aromatic carbocycles. The minimum atomic E-state index is -0.802. The molecule has 1 aromatic heterocycles. The van der Waals surface area contributed by atoms with Crippen LogP contribution in [0, 0.1) is 0 Å². The Kier molecular flexibility index (Phi) is 5.71. The van der Waals surface area contributed by atoms with E-state index in [-0.39, 0.29) is 5.89 Å². The highest BCUT2D eigenvalue weighted by molar-refractivity contribution is 5.02. The lowest BCUT2D eigenvalue weighted by Crippen LogP contribution is -2.29. The van der Waals surface area contributed by atoms with E-state index in [0.29, 0.717) is 25.4 Å². The van der Waals surface area contributed by atoms with Crippen molar-refractivity contribution in [1.29, 1.82) is 0 Å². The van der Waals surface area contributed by atoms with Crippen molar-refractivity contribution >= 4 is 0 Å². The minimum absolute atomic E-state index is 0.210. The van der Waals surface area contributed by atoms with Gasteiger partial charge in [-0.25, -0.2) is 0 Å². The first-order valence-electron chi connectivity index (χ1n) is 6.49. The number of aliphatic hydroxyl groups excluding tert-OH is 1. The predicted molar refractivity (Wildman–Crippen MR) is 66.8 cm³/mol. The molecule has 1 atom stereocenters. The van der Waals surface area contributed by atoms with Gasteiger partial charge in [0.15, 0.2) is 0 Å². The van der Waals surface area contributed by atoms with Gasteiger partial charge < -0.3 is 20.1 Å². The highest BCUT2D eigenvalue weighted by atomic mass is 16.5. The molecule has 1 rings (SSSR count). The van der Waals surface area contributed by atoms with Crippen LogP contribution in [0.25, 0.3) is 0 Å². The Labute approximate surface area is 108 Å². The van der Waals surface area contributed by atoms with Crippen LogP contribution in [-0.2, 0) is 10.3 Å². The lowest BCUT2D eigenvalue weighted by Gasteiger charge is -2.27. The van der Waals surface area contributed by atoms with Crippen LogP contribution >= 0.6 is 0 Å². The molecule has 104 valence electrons. The van der Waals surface area contributed by atoms with Crippen molar-refractivity contribution in [3.05, 3.63) is 11.7 Å². The lowest BCUT2D eigenvalue weighted by molar-refractivity contribution is -0.0583. The van der Waals surface area contributed by atoms with E-state index in [2.05, 4.69) is 10.1 Å². The van der Waals surface area contributed by atoms with Gasteiger partial charge in [-0.2, -0.15) is 4.98 Å². The molecule has 0 radical (unpaired) electrons. The number of aliphatic hydroxyl groups is 1. The number of ether oxygens (including phenoxy) is 1. The van der Waals surface area contributed by atoms with Gasteiger partial charge in [-0.15, -0.1) is 0 Å². The van der Waals surface area contributed by atoms with Crippen LogP contribution in [0.3, 0.4) is 0 Å². The molecule has 1 heterocycles. The number of rotatable bonds is 8. The Hall–Kier alpha value is -0.980. The SMILES string of the molecule is CCOC(CC)(CC)c1noc([C@@H](O)CCN)n1. The third-order valence-electron chi connectivity index (χ3n) is 3.14. The maximum Gasteiger partial charge on any atom is 0.255 e. The molecule has 0 saturated heterocycles. The van der Waals surface area contributed by atoms with Crippen molar-refractivity contribution < 1.29 is 14.4 Å². The van der Waals surface area contributed by atoms with Gasteiger partial charge in [0.05, 0.1) is 0 Å². The van der Waals surface area contributed by atoms with Gasteiger partial charge >= 0.3 is 0 Å². The molecular formula is C12H23N3O3. The summed E-state index contributed by atoms with van der Waals surface area (Å²) >= 11 is 0. The second kappa shape index (κ2) is 6.82. The third kappa shape index (κ3) is 3.07. The molecule has 6 heteroatoms. The highest BCUT2D eigenvalue weighted by Crippen LogP contribution is 2.31. The van der Waals surface area contributed by atoms with Crippen molar-refractivity contribution in [2.24, 2.45) is 5.73 Å². The average molecular weight is 257 g/mol. The first kappa shape index (κ1) is 15.1. The Bertz CT molecular complexity index is 350. The smallest absolute Gasteiger partial charge is 0.255 e. The van der Waals surface area contributed by atoms with E-state index in [1.807, 2.05) is 20.8 Å². The van der Waals surface area contributed by atoms with Crippen molar-refractivity contribution in [2.45, 2.75) is 51.7 Å². The van der Waals surface area contributed by atoms with E-state index < -0.39 is 11.7 Å². The third-order valence-corrected chi connectivity index (χ3v) is 3.14. The predicted octanol–water partition coefficient (Wildman–Crippen LogP) is 1.50. The molecule has 6 nitrogen and oxygen atoms in total. The molecule has 0 aliphatic carbocycles. The topological polar surface area (TPSA) is 94.4 Å². The van der Waals surface area contributed by atoms with Crippen molar-refractivity contribution in [3.8, 4) is 0 Å². The molecule has 18 heavy (non-hydrogen) atoms. The Morgan fingerprint density at radius 2 is 2.06 bits per heavy atom. The summed E-state index contributed by atoms with van der Waals surface area (Å²) < 4.78 is 10.9. The zero-order valence-electron chi connectivity index (χ0n) is 11.3. The Morgan fingerprint density at radius 3 is 2.56 bits per heavy atom. The van der Waals surface area contributed by atoms with Gasteiger partial charge in [0, 0.05) is 6.61 Å². The second-order valence-corrected chi connectivity index (χ2v) is 4.18. The molecule has 0 amide bonds. The summed E-state index contributed by atoms with van der Waals surface area (Å²) in [5.74, 6) is 0.710. The molecule has 0 spiro atoms. The van der Waals surface area contributed by atoms with Crippen LogP contribution in [-0.4, -0.2) is 28.4 Å². The average Bonchev–Trinajstić information content (AvgIpc) is 2.86. The molecular weight excluding hydrogens is 234 g/mol. The van der Waals surface area contributed by atoms with Crippen LogP contribution < -0.4 is 5.73 Å². The molecule has 1 aromatic rings. The van der Waals surface area contributed by atoms with Crippen molar-refractivity contribution in [2.75, 3.05) is 13.2 Å². The van der Waals surface area contributed by atoms with E-state index in [1.165, 1.54) is 0 Å². The van der Waals surface area contributed by atoms with E-state index in [4.69, 9.17) is 15.0 Å². The summed E-state index contributed by atoms with van der Waals surface area (Å²) in [6.07, 6.45) is 1.11. The van der Waals surface area contributed by atoms with Crippen LogP contribution in [0.4, 0.5) is 0 Å². The van der Waals surface area contributed by atoms with Crippen LogP contribution in [0.5, 0.6) is 0 Å². The van der Waals surface area contributed by atoms with Crippen LogP contribution in [0.2, 0.25) is 0 Å². The quantitative estimate of drug-likeness (QED) is 0.733. The fourth-order valence-electron chi connectivity index (χ4n) is 1.95. The van der Waals surface area contributed by atoms with Gasteiger partial charge in [-0.1, -0.05) is 19.0 Å². The largest absolute Gasteiger partial charge is 0.383 e. The Balaban J connectivity index is 2.93. The molecule has 0 aliphatic heterocycles. The van der Waals surface area contributed by atoms with E-state index in [0.717, 1.165) is 12.8 Å². The standard InChI is InChI=1S/C12H23N3O3/c1-4-12(5-2,17-6-3)11-14-10(18-15-11)9(16)7-8-13/h9,16H,4-8,13H2,1-3H3/t9-/m0/s1. The van der Waals surface area contributed by atoms with Gasteiger partial charge in [-0.3, -0.25) is 0 Å². The molecule has 3 N–H and O–H groups in total. The zero-order valence-corrected chi connectivity index (χ0v) is 11.3. The fourth-order valence-corrected chi connectivity index (χ4v) is 1.95. The van der Waals surface area contributed by atoms with E-state index >= 15 is 0 Å². The summed E-state index contributed by atoms with van der Waals surface area (Å²) in [5.41, 5.74) is 4.86. The normalized spacial score (nSPS) is 13.8. The second-order valence-electron chi connectivity index (χ2n) is 4.18. The maximum atomic E-state index is 9.76. The Morgan fingerprint density at radius 1 is 1.39 bits per heavy atom. The number of nitrogens with two attached hydrogens (primary N) is 1. The molecule has 0 bridgehead atoms. The van der Waals surface area contributed by atoms with E-state index in [9.17, 15) is 5.11 Å². The molecule has 0 fully saturated rings. The number of hydrogen-bond donors (Lipinski definition) is 2. The van der Waals surface area contributed by atoms with Gasteiger partial charge in [-0.05, 0) is 32.7 Å². The molecule has 0 aliphatic rings. The van der Waals surface area contributed by atoms with Crippen LogP contribution in [0.1, 0.15) is 57.9 Å². The first-order valence-corrected chi connectivity index (χ1v) is 6.49. The summed E-state index contributed by atoms with van der Waals surface area (Å²) in [7, 11) is 0. The van der Waals surface area contributed by atoms with Crippen LogP contribution in [0.15, 0.2) is 4.52 Å². The maximum absolute atomic E-state index is 9.76. The number of aromatic nitrogens is 2.